The highest BCUT2D eigenvalue weighted by Gasteiger charge is 2.35. The lowest BCUT2D eigenvalue weighted by molar-refractivity contribution is 0.322. The molecule has 0 saturated carbocycles. The molecule has 0 bridgehead atoms. The van der Waals surface area contributed by atoms with Gasteiger partial charge in [0.15, 0.2) is 0 Å². The molecule has 0 spiro atoms. The van der Waals surface area contributed by atoms with E-state index in [-0.39, 0.29) is 5.54 Å². The molecule has 0 aromatic carbocycles. The summed E-state index contributed by atoms with van der Waals surface area (Å²) >= 11 is 11.5. The van der Waals surface area contributed by atoms with Crippen molar-refractivity contribution in [2.24, 2.45) is 0 Å². The van der Waals surface area contributed by atoms with Crippen LogP contribution in [0.25, 0.3) is 0 Å². The van der Waals surface area contributed by atoms with Gasteiger partial charge >= 0.3 is 0 Å². The molecular weight excluding hydrogens is 159 g/mol. The topological polar surface area (TPSA) is 6.48 Å². The van der Waals surface area contributed by atoms with Crippen LogP contribution in [-0.4, -0.2) is 27.6 Å². The Morgan fingerprint density at radius 1 is 1.33 bits per heavy atom. The van der Waals surface area contributed by atoms with E-state index >= 15 is 0 Å². The molecule has 1 saturated heterocycles. The first kappa shape index (κ1) is 7.61. The molecule has 0 unspecified atom stereocenters. The lowest BCUT2D eigenvalue weighted by Crippen LogP contribution is -2.33. The fourth-order valence-corrected chi connectivity index (χ4v) is 1.51. The second kappa shape index (κ2) is 2.27. The van der Waals surface area contributed by atoms with Gasteiger partial charge < -0.3 is 0 Å². The van der Waals surface area contributed by atoms with E-state index in [0.29, 0.717) is 6.67 Å². The van der Waals surface area contributed by atoms with Gasteiger partial charge in [-0.05, 0) is 37.4 Å². The number of nitrogens with zero attached hydrogens (tertiary/aromatic N) is 2. The van der Waals surface area contributed by atoms with Crippen molar-refractivity contribution in [2.75, 3.05) is 13.2 Å². The second-order valence-corrected chi connectivity index (χ2v) is 3.82. The van der Waals surface area contributed by atoms with Crippen LogP contribution in [-0.2, 0) is 0 Å². The minimum atomic E-state index is 0.0172. The van der Waals surface area contributed by atoms with Gasteiger partial charge in [0, 0.05) is 12.1 Å². The second-order valence-electron chi connectivity index (χ2n) is 2.94. The molecule has 0 aromatic heterocycles. The molecule has 0 amide bonds. The molecule has 0 aliphatic carbocycles. The van der Waals surface area contributed by atoms with Gasteiger partial charge in [-0.3, -0.25) is 0 Å². The molecule has 0 atom stereocenters. The summed E-state index contributed by atoms with van der Waals surface area (Å²) in [6.45, 7) is 5.57. The van der Waals surface area contributed by atoms with Gasteiger partial charge in [-0.25, -0.2) is 4.42 Å². The SMILES string of the molecule is CC1(C)CN(Cl)CN1Cl. The first-order chi connectivity index (χ1) is 4.02. The minimum Gasteiger partial charge on any atom is -0.203 e. The molecular formula is C5H10Cl2N2. The first-order valence-corrected chi connectivity index (χ1v) is 3.54. The predicted octanol–water partition coefficient (Wildman–Crippen LogP) is 1.65. The molecule has 0 aromatic rings. The third kappa shape index (κ3) is 1.49. The van der Waals surface area contributed by atoms with E-state index in [1.165, 1.54) is 0 Å². The average Bonchev–Trinajstić information content (AvgIpc) is 1.79. The van der Waals surface area contributed by atoms with Crippen LogP contribution in [0.4, 0.5) is 0 Å². The molecule has 0 radical (unpaired) electrons. The molecule has 2 nitrogen and oxygen atoms in total. The van der Waals surface area contributed by atoms with Crippen LogP contribution in [0.2, 0.25) is 0 Å². The van der Waals surface area contributed by atoms with E-state index < -0.39 is 0 Å². The van der Waals surface area contributed by atoms with Crippen molar-refractivity contribution in [1.82, 2.24) is 8.84 Å². The van der Waals surface area contributed by atoms with Crippen LogP contribution in [0.15, 0.2) is 0 Å². The van der Waals surface area contributed by atoms with Crippen molar-refractivity contribution in [3.8, 4) is 0 Å². The van der Waals surface area contributed by atoms with E-state index in [4.69, 9.17) is 23.6 Å². The fraction of sp³-hybridized carbons (Fsp3) is 1.00. The molecule has 0 N–H and O–H groups in total. The largest absolute Gasteiger partial charge is 0.203 e. The smallest absolute Gasteiger partial charge is 0.0805 e. The van der Waals surface area contributed by atoms with Gasteiger partial charge in [-0.15, -0.1) is 0 Å². The maximum atomic E-state index is 5.81. The van der Waals surface area contributed by atoms with E-state index in [0.717, 1.165) is 6.54 Å². The van der Waals surface area contributed by atoms with Crippen LogP contribution in [0, 0.1) is 0 Å². The lowest BCUT2D eigenvalue weighted by Gasteiger charge is -2.21. The number of hydrogen-bond donors (Lipinski definition) is 0. The predicted molar refractivity (Wildman–Crippen MR) is 39.2 cm³/mol. The zero-order chi connectivity index (χ0) is 7.07. The Labute approximate surface area is 65.5 Å². The third-order valence-electron chi connectivity index (χ3n) is 1.49. The lowest BCUT2D eigenvalue weighted by atomic mass is 10.1. The highest BCUT2D eigenvalue weighted by molar-refractivity contribution is 6.16. The summed E-state index contributed by atoms with van der Waals surface area (Å²) < 4.78 is 3.38. The summed E-state index contributed by atoms with van der Waals surface area (Å²) in [6, 6.07) is 0. The summed E-state index contributed by atoms with van der Waals surface area (Å²) in [7, 11) is 0. The number of halogens is 2. The van der Waals surface area contributed by atoms with Gasteiger partial charge in [0.05, 0.1) is 6.67 Å². The summed E-state index contributed by atoms with van der Waals surface area (Å²) in [5.41, 5.74) is 0.0172. The van der Waals surface area contributed by atoms with Crippen LogP contribution in [0.5, 0.6) is 0 Å². The zero-order valence-corrected chi connectivity index (χ0v) is 7.08. The average molecular weight is 169 g/mol. The summed E-state index contributed by atoms with van der Waals surface area (Å²) in [5.74, 6) is 0. The maximum Gasteiger partial charge on any atom is 0.0805 e. The standard InChI is InChI=1S/C5H10Cl2N2/c1-5(2)3-8(6)4-9(5)7/h3-4H2,1-2H3. The van der Waals surface area contributed by atoms with Crippen molar-refractivity contribution in [1.29, 1.82) is 0 Å². The molecule has 1 fully saturated rings. The van der Waals surface area contributed by atoms with E-state index in [1.807, 2.05) is 0 Å². The maximum absolute atomic E-state index is 5.81. The van der Waals surface area contributed by atoms with Crippen LogP contribution < -0.4 is 0 Å². The van der Waals surface area contributed by atoms with Crippen molar-refractivity contribution in [3.63, 3.8) is 0 Å². The van der Waals surface area contributed by atoms with Gasteiger partial charge in [-0.2, -0.15) is 4.42 Å². The van der Waals surface area contributed by atoms with Gasteiger partial charge in [0.2, 0.25) is 0 Å². The highest BCUT2D eigenvalue weighted by Crippen LogP contribution is 2.26. The fourth-order valence-electron chi connectivity index (χ4n) is 0.873. The molecule has 1 aliphatic rings. The number of rotatable bonds is 0. The van der Waals surface area contributed by atoms with Crippen molar-refractivity contribution < 1.29 is 0 Å². The van der Waals surface area contributed by atoms with Gasteiger partial charge in [0.25, 0.3) is 0 Å². The Morgan fingerprint density at radius 2 is 1.89 bits per heavy atom. The van der Waals surface area contributed by atoms with Gasteiger partial charge in [0.1, 0.15) is 0 Å². The van der Waals surface area contributed by atoms with Gasteiger partial charge in [-0.1, -0.05) is 0 Å². The normalized spacial score (nSPS) is 29.3. The quantitative estimate of drug-likeness (QED) is 0.508. The third-order valence-corrected chi connectivity index (χ3v) is 2.28. The Bertz CT molecular complexity index is 116. The molecule has 54 valence electrons. The summed E-state index contributed by atoms with van der Waals surface area (Å²) in [4.78, 5) is 0. The Balaban J connectivity index is 2.58. The summed E-state index contributed by atoms with van der Waals surface area (Å²) in [6.07, 6.45) is 0. The van der Waals surface area contributed by atoms with Crippen LogP contribution >= 0.6 is 23.6 Å². The van der Waals surface area contributed by atoms with Crippen LogP contribution in [0.1, 0.15) is 13.8 Å². The monoisotopic (exact) mass is 168 g/mol. The van der Waals surface area contributed by atoms with Crippen molar-refractivity contribution >= 4 is 23.6 Å². The number of hydrogen-bond acceptors (Lipinski definition) is 2. The zero-order valence-electron chi connectivity index (χ0n) is 5.56. The molecule has 1 rings (SSSR count). The van der Waals surface area contributed by atoms with E-state index in [1.54, 1.807) is 8.84 Å². The van der Waals surface area contributed by atoms with Crippen LogP contribution in [0.3, 0.4) is 0 Å². The Hall–Kier alpha value is 0.500. The summed E-state index contributed by atoms with van der Waals surface area (Å²) in [5, 5.41) is 0. The molecule has 1 aliphatic heterocycles. The Kier molecular flexibility index (Phi) is 1.92. The highest BCUT2D eigenvalue weighted by atomic mass is 35.5. The van der Waals surface area contributed by atoms with Crippen molar-refractivity contribution in [3.05, 3.63) is 0 Å². The first-order valence-electron chi connectivity index (χ1n) is 2.86. The Morgan fingerprint density at radius 3 is 2.00 bits per heavy atom. The minimum absolute atomic E-state index is 0.0172. The molecule has 1 heterocycles. The molecule has 4 heteroatoms. The van der Waals surface area contributed by atoms with Crippen molar-refractivity contribution in [2.45, 2.75) is 19.4 Å². The van der Waals surface area contributed by atoms with E-state index in [2.05, 4.69) is 13.8 Å². The van der Waals surface area contributed by atoms with E-state index in [9.17, 15) is 0 Å². The molecule has 9 heavy (non-hydrogen) atoms.